The van der Waals surface area contributed by atoms with E-state index in [0.29, 0.717) is 21.6 Å². The fraction of sp³-hybridized carbons (Fsp3) is 0.562. The summed E-state index contributed by atoms with van der Waals surface area (Å²) in [6.07, 6.45) is 2.47. The van der Waals surface area contributed by atoms with Crippen molar-refractivity contribution in [1.82, 2.24) is 19.4 Å². The molecule has 0 spiro atoms. The molecule has 124 valence electrons. The van der Waals surface area contributed by atoms with Gasteiger partial charge in [-0.3, -0.25) is 14.2 Å². The SMILES string of the molecule is CCCn1cnc2sc(C(=O)N3CCN(C)CC3)c(C)c2c1=O. The first kappa shape index (κ1) is 16.1. The Morgan fingerprint density at radius 2 is 2.00 bits per heavy atom. The van der Waals surface area contributed by atoms with Gasteiger partial charge in [0.1, 0.15) is 4.83 Å². The second kappa shape index (κ2) is 6.41. The molecule has 23 heavy (non-hydrogen) atoms. The number of hydrogen-bond acceptors (Lipinski definition) is 5. The first-order valence-electron chi connectivity index (χ1n) is 7.99. The van der Waals surface area contributed by atoms with Crippen molar-refractivity contribution in [3.05, 3.63) is 27.1 Å². The predicted molar refractivity (Wildman–Crippen MR) is 92.3 cm³/mol. The van der Waals surface area contributed by atoms with Crippen LogP contribution in [0.15, 0.2) is 11.1 Å². The van der Waals surface area contributed by atoms with Gasteiger partial charge in [-0.05, 0) is 26.0 Å². The third-order valence-corrected chi connectivity index (χ3v) is 5.55. The Balaban J connectivity index is 1.99. The number of nitrogens with zero attached hydrogens (tertiary/aromatic N) is 4. The molecule has 3 rings (SSSR count). The number of likely N-dealkylation sites (N-methyl/N-ethyl adjacent to an activating group) is 1. The molecule has 0 aromatic carbocycles. The summed E-state index contributed by atoms with van der Waals surface area (Å²) >= 11 is 1.34. The van der Waals surface area contributed by atoms with Crippen LogP contribution in [0, 0.1) is 6.92 Å². The average Bonchev–Trinajstić information content (AvgIpc) is 2.88. The normalized spacial score (nSPS) is 16.2. The summed E-state index contributed by atoms with van der Waals surface area (Å²) in [5.74, 6) is 0.0278. The fourth-order valence-corrected chi connectivity index (χ4v) is 4.02. The van der Waals surface area contributed by atoms with Crippen LogP contribution in [0.5, 0.6) is 0 Å². The molecular weight excluding hydrogens is 312 g/mol. The summed E-state index contributed by atoms with van der Waals surface area (Å²) in [7, 11) is 2.06. The Morgan fingerprint density at radius 1 is 1.30 bits per heavy atom. The molecule has 2 aromatic heterocycles. The minimum Gasteiger partial charge on any atom is -0.335 e. The molecule has 3 heterocycles. The Morgan fingerprint density at radius 3 is 2.65 bits per heavy atom. The molecule has 1 amide bonds. The van der Waals surface area contributed by atoms with Crippen LogP contribution in [0.25, 0.3) is 10.2 Å². The summed E-state index contributed by atoms with van der Waals surface area (Å²) in [4.78, 5) is 35.2. The molecular formula is C16H22N4O2S. The fourth-order valence-electron chi connectivity index (χ4n) is 2.92. The Kier molecular flexibility index (Phi) is 4.50. The number of carbonyl (C=O) groups is 1. The maximum absolute atomic E-state index is 12.8. The van der Waals surface area contributed by atoms with Crippen molar-refractivity contribution in [2.45, 2.75) is 26.8 Å². The number of aromatic nitrogens is 2. The lowest BCUT2D eigenvalue weighted by Crippen LogP contribution is -2.47. The minimum atomic E-state index is -0.0389. The molecule has 1 fully saturated rings. The van der Waals surface area contributed by atoms with Crippen molar-refractivity contribution in [1.29, 1.82) is 0 Å². The monoisotopic (exact) mass is 334 g/mol. The van der Waals surface area contributed by atoms with E-state index in [1.165, 1.54) is 11.3 Å². The van der Waals surface area contributed by atoms with E-state index < -0.39 is 0 Å². The smallest absolute Gasteiger partial charge is 0.264 e. The van der Waals surface area contributed by atoms with Crippen molar-refractivity contribution < 1.29 is 4.79 Å². The zero-order valence-electron chi connectivity index (χ0n) is 13.8. The number of aryl methyl sites for hydroxylation is 2. The highest BCUT2D eigenvalue weighted by atomic mass is 32.1. The van der Waals surface area contributed by atoms with Crippen LogP contribution in [0.2, 0.25) is 0 Å². The number of rotatable bonds is 3. The van der Waals surface area contributed by atoms with Gasteiger partial charge in [-0.25, -0.2) is 4.98 Å². The Labute approximate surface area is 139 Å². The quantitative estimate of drug-likeness (QED) is 0.855. The number of amides is 1. The molecule has 1 aliphatic rings. The van der Waals surface area contributed by atoms with Gasteiger partial charge in [0, 0.05) is 32.7 Å². The van der Waals surface area contributed by atoms with Crippen LogP contribution in [0.3, 0.4) is 0 Å². The summed E-state index contributed by atoms with van der Waals surface area (Å²) in [5, 5.41) is 0.600. The van der Waals surface area contributed by atoms with E-state index in [9.17, 15) is 9.59 Å². The topological polar surface area (TPSA) is 58.4 Å². The number of piperazine rings is 1. The third kappa shape index (κ3) is 2.90. The van der Waals surface area contributed by atoms with Gasteiger partial charge in [-0.2, -0.15) is 0 Å². The first-order chi connectivity index (χ1) is 11.0. The predicted octanol–water partition coefficient (Wildman–Crippen LogP) is 1.56. The van der Waals surface area contributed by atoms with Gasteiger partial charge in [0.15, 0.2) is 0 Å². The van der Waals surface area contributed by atoms with Gasteiger partial charge in [0.2, 0.25) is 0 Å². The molecule has 1 saturated heterocycles. The summed E-state index contributed by atoms with van der Waals surface area (Å²) in [6.45, 7) is 7.78. The maximum atomic E-state index is 12.8. The zero-order chi connectivity index (χ0) is 16.6. The zero-order valence-corrected chi connectivity index (χ0v) is 14.7. The second-order valence-electron chi connectivity index (χ2n) is 6.07. The highest BCUT2D eigenvalue weighted by molar-refractivity contribution is 7.20. The van der Waals surface area contributed by atoms with Crippen LogP contribution in [-0.2, 0) is 6.54 Å². The van der Waals surface area contributed by atoms with Crippen molar-refractivity contribution >= 4 is 27.5 Å². The standard InChI is InChI=1S/C16H22N4O2S/c1-4-5-20-10-17-14-12(15(20)21)11(2)13(23-14)16(22)19-8-6-18(3)7-9-19/h10H,4-9H2,1-3H3. The van der Waals surface area contributed by atoms with Gasteiger partial charge in [-0.15, -0.1) is 11.3 Å². The lowest BCUT2D eigenvalue weighted by atomic mass is 10.2. The summed E-state index contributed by atoms with van der Waals surface area (Å²) in [5.41, 5.74) is 0.736. The lowest BCUT2D eigenvalue weighted by molar-refractivity contribution is 0.0668. The second-order valence-corrected chi connectivity index (χ2v) is 7.07. The summed E-state index contributed by atoms with van der Waals surface area (Å²) in [6, 6.07) is 0. The van der Waals surface area contributed by atoms with Crippen LogP contribution in [0.4, 0.5) is 0 Å². The molecule has 2 aromatic rings. The van der Waals surface area contributed by atoms with E-state index >= 15 is 0 Å². The molecule has 6 nitrogen and oxygen atoms in total. The van der Waals surface area contributed by atoms with E-state index in [-0.39, 0.29) is 11.5 Å². The molecule has 0 aliphatic carbocycles. The molecule has 0 saturated carbocycles. The first-order valence-corrected chi connectivity index (χ1v) is 8.81. The number of fused-ring (bicyclic) bond motifs is 1. The average molecular weight is 334 g/mol. The van der Waals surface area contributed by atoms with Gasteiger partial charge < -0.3 is 9.80 Å². The van der Waals surface area contributed by atoms with Crippen LogP contribution < -0.4 is 5.56 Å². The van der Waals surface area contributed by atoms with Crippen molar-refractivity contribution in [3.8, 4) is 0 Å². The third-order valence-electron chi connectivity index (χ3n) is 4.37. The van der Waals surface area contributed by atoms with Gasteiger partial charge in [-0.1, -0.05) is 6.92 Å². The molecule has 1 aliphatic heterocycles. The number of carbonyl (C=O) groups excluding carboxylic acids is 1. The van der Waals surface area contributed by atoms with E-state index in [0.717, 1.165) is 38.2 Å². The highest BCUT2D eigenvalue weighted by Crippen LogP contribution is 2.28. The van der Waals surface area contributed by atoms with Crippen molar-refractivity contribution in [2.75, 3.05) is 33.2 Å². The molecule has 7 heteroatoms. The molecule has 0 N–H and O–H groups in total. The van der Waals surface area contributed by atoms with E-state index in [2.05, 4.69) is 16.9 Å². The lowest BCUT2D eigenvalue weighted by Gasteiger charge is -2.32. The molecule has 0 radical (unpaired) electrons. The maximum Gasteiger partial charge on any atom is 0.264 e. The van der Waals surface area contributed by atoms with E-state index in [4.69, 9.17) is 0 Å². The Hall–Kier alpha value is -1.73. The van der Waals surface area contributed by atoms with Crippen LogP contribution in [-0.4, -0.2) is 58.5 Å². The Bertz CT molecular complexity index is 787. The molecule has 0 unspecified atom stereocenters. The minimum absolute atomic E-state index is 0.0278. The van der Waals surface area contributed by atoms with E-state index in [1.807, 2.05) is 18.7 Å². The van der Waals surface area contributed by atoms with E-state index in [1.54, 1.807) is 10.9 Å². The number of hydrogen-bond donors (Lipinski definition) is 0. The molecule has 0 atom stereocenters. The van der Waals surface area contributed by atoms with Crippen LogP contribution in [0.1, 0.15) is 28.6 Å². The number of thiophene rings is 1. The summed E-state index contributed by atoms with van der Waals surface area (Å²) < 4.78 is 1.63. The molecule has 0 bridgehead atoms. The van der Waals surface area contributed by atoms with Crippen molar-refractivity contribution in [3.63, 3.8) is 0 Å². The van der Waals surface area contributed by atoms with Gasteiger partial charge in [0.25, 0.3) is 11.5 Å². The van der Waals surface area contributed by atoms with Gasteiger partial charge >= 0.3 is 0 Å². The van der Waals surface area contributed by atoms with Gasteiger partial charge in [0.05, 0.1) is 16.6 Å². The highest BCUT2D eigenvalue weighted by Gasteiger charge is 2.25. The largest absolute Gasteiger partial charge is 0.335 e. The van der Waals surface area contributed by atoms with Crippen LogP contribution >= 0.6 is 11.3 Å². The van der Waals surface area contributed by atoms with Crippen molar-refractivity contribution in [2.24, 2.45) is 0 Å².